The van der Waals surface area contributed by atoms with Crippen molar-refractivity contribution in [3.63, 3.8) is 0 Å². The Balaban J connectivity index is 1.52. The second-order valence-corrected chi connectivity index (χ2v) is 9.85. The summed E-state index contributed by atoms with van der Waals surface area (Å²) in [5, 5.41) is 0. The number of rotatable bonds is 9. The zero-order valence-electron chi connectivity index (χ0n) is 23.4. The number of methoxy groups -OCH3 is 5. The molecule has 4 rings (SSSR count). The molecule has 0 bridgehead atoms. The summed E-state index contributed by atoms with van der Waals surface area (Å²) < 4.78 is 27.2. The third-order valence-corrected chi connectivity index (χ3v) is 7.73. The van der Waals surface area contributed by atoms with E-state index in [9.17, 15) is 0 Å². The average molecular weight is 579 g/mol. The van der Waals surface area contributed by atoms with Crippen LogP contribution in [0.4, 0.5) is 0 Å². The number of nitrogens with zero attached hydrogens (tertiary/aromatic N) is 2. The molecular weight excluding hydrogens is 544 g/mol. The molecule has 1 aliphatic rings. The van der Waals surface area contributed by atoms with E-state index >= 15 is 0 Å². The van der Waals surface area contributed by atoms with Gasteiger partial charge in [0.05, 0.1) is 35.5 Å². The van der Waals surface area contributed by atoms with Crippen LogP contribution in [-0.2, 0) is 0 Å². The summed E-state index contributed by atoms with van der Waals surface area (Å²) in [6.45, 7) is 2.98. The first-order chi connectivity index (χ1) is 19.4. The van der Waals surface area contributed by atoms with Crippen LogP contribution in [0.1, 0.15) is 16.7 Å². The minimum Gasteiger partial charge on any atom is -0.497 e. The third kappa shape index (κ3) is 6.48. The summed E-state index contributed by atoms with van der Waals surface area (Å²) in [5.41, 5.74) is 3.98. The van der Waals surface area contributed by atoms with Crippen LogP contribution < -0.4 is 23.7 Å². The predicted molar refractivity (Wildman–Crippen MR) is 167 cm³/mol. The van der Waals surface area contributed by atoms with E-state index in [1.54, 1.807) is 35.5 Å². The molecule has 40 heavy (non-hydrogen) atoms. The summed E-state index contributed by atoms with van der Waals surface area (Å²) in [6, 6.07) is 19.8. The van der Waals surface area contributed by atoms with Crippen LogP contribution in [0.2, 0.25) is 0 Å². The maximum atomic E-state index is 5.94. The second kappa shape index (κ2) is 13.5. The van der Waals surface area contributed by atoms with Gasteiger partial charge in [0, 0.05) is 31.7 Å². The fourth-order valence-electron chi connectivity index (χ4n) is 4.61. The predicted octanol–water partition coefficient (Wildman–Crippen LogP) is 5.48. The summed E-state index contributed by atoms with van der Waals surface area (Å²) in [7, 11) is 8.12. The van der Waals surface area contributed by atoms with Crippen LogP contribution in [0.3, 0.4) is 0 Å². The first-order valence-corrected chi connectivity index (χ1v) is 13.6. The van der Waals surface area contributed by atoms with Gasteiger partial charge in [-0.05, 0) is 59.2 Å². The highest BCUT2D eigenvalue weighted by Crippen LogP contribution is 2.38. The highest BCUT2D eigenvalue weighted by atomic mass is 32.1. The molecule has 210 valence electrons. The zero-order valence-corrected chi connectivity index (χ0v) is 25.1. The monoisotopic (exact) mass is 578 g/mol. The SMILES string of the molecule is COc1ccc(C(=CC(=S)N2CCN(C(=S)c3cc(OC)c(OC)c(OC)c3)CC2)c2ccc(OC)cc2)cc1. The number of piperazine rings is 1. The van der Waals surface area contributed by atoms with Crippen molar-refractivity contribution in [3.05, 3.63) is 83.4 Å². The van der Waals surface area contributed by atoms with Gasteiger partial charge in [-0.1, -0.05) is 48.7 Å². The Labute approximate surface area is 246 Å². The summed E-state index contributed by atoms with van der Waals surface area (Å²) in [6.07, 6.45) is 2.08. The van der Waals surface area contributed by atoms with Crippen LogP contribution in [0, 0.1) is 0 Å². The van der Waals surface area contributed by atoms with Crippen molar-refractivity contribution >= 4 is 40.0 Å². The lowest BCUT2D eigenvalue weighted by molar-refractivity contribution is 0.265. The first kappa shape index (κ1) is 29.2. The van der Waals surface area contributed by atoms with Crippen LogP contribution in [-0.4, -0.2) is 81.5 Å². The van der Waals surface area contributed by atoms with E-state index in [0.29, 0.717) is 17.2 Å². The van der Waals surface area contributed by atoms with Gasteiger partial charge in [-0.25, -0.2) is 0 Å². The summed E-state index contributed by atoms with van der Waals surface area (Å²) in [5.74, 6) is 3.31. The Morgan fingerprint density at radius 2 is 1.05 bits per heavy atom. The third-order valence-electron chi connectivity index (χ3n) is 6.86. The lowest BCUT2D eigenvalue weighted by atomic mass is 9.97. The minimum atomic E-state index is 0.544. The summed E-state index contributed by atoms with van der Waals surface area (Å²) in [4.78, 5) is 5.92. The number of thiocarbonyl (C=S) groups is 2. The number of benzene rings is 3. The van der Waals surface area contributed by atoms with Crippen molar-refractivity contribution in [2.24, 2.45) is 0 Å². The standard InChI is InChI=1S/C31H34N2O5S2/c1-34-24-10-6-21(7-11-24)26(22-8-12-25(35-2)13-9-22)20-29(39)32-14-16-33(17-15-32)31(40)23-18-27(36-3)30(38-5)28(19-23)37-4/h6-13,18-20H,14-17H2,1-5H3. The van der Waals surface area contributed by atoms with Gasteiger partial charge >= 0.3 is 0 Å². The highest BCUT2D eigenvalue weighted by molar-refractivity contribution is 7.80. The molecule has 3 aromatic rings. The molecule has 0 atom stereocenters. The molecule has 0 aromatic heterocycles. The van der Waals surface area contributed by atoms with E-state index in [4.69, 9.17) is 48.1 Å². The average Bonchev–Trinajstić information content (AvgIpc) is 3.02. The molecule has 1 heterocycles. The molecule has 0 unspecified atom stereocenters. The van der Waals surface area contributed by atoms with Gasteiger partial charge in [0.25, 0.3) is 0 Å². The fourth-order valence-corrected chi connectivity index (χ4v) is 5.21. The number of hydrogen-bond acceptors (Lipinski definition) is 7. The van der Waals surface area contributed by atoms with Gasteiger partial charge in [0.2, 0.25) is 5.75 Å². The molecule has 1 saturated heterocycles. The van der Waals surface area contributed by atoms with E-state index in [0.717, 1.165) is 69.9 Å². The maximum absolute atomic E-state index is 5.94. The minimum absolute atomic E-state index is 0.544. The molecule has 1 aliphatic heterocycles. The largest absolute Gasteiger partial charge is 0.497 e. The topological polar surface area (TPSA) is 52.6 Å². The maximum Gasteiger partial charge on any atom is 0.203 e. The molecule has 0 N–H and O–H groups in total. The Bertz CT molecular complexity index is 1290. The zero-order chi connectivity index (χ0) is 28.6. The van der Waals surface area contributed by atoms with Crippen molar-refractivity contribution in [3.8, 4) is 28.7 Å². The van der Waals surface area contributed by atoms with Gasteiger partial charge in [0.1, 0.15) is 21.5 Å². The smallest absolute Gasteiger partial charge is 0.203 e. The van der Waals surface area contributed by atoms with E-state index in [2.05, 4.69) is 15.9 Å². The highest BCUT2D eigenvalue weighted by Gasteiger charge is 2.23. The van der Waals surface area contributed by atoms with E-state index in [1.165, 1.54) is 0 Å². The van der Waals surface area contributed by atoms with Gasteiger partial charge in [0.15, 0.2) is 11.5 Å². The quantitative estimate of drug-likeness (QED) is 0.243. The van der Waals surface area contributed by atoms with Gasteiger partial charge < -0.3 is 33.5 Å². The van der Waals surface area contributed by atoms with Crippen molar-refractivity contribution in [2.45, 2.75) is 0 Å². The van der Waals surface area contributed by atoms with Gasteiger partial charge in [-0.2, -0.15) is 0 Å². The Hall–Kier alpha value is -3.82. The fraction of sp³-hybridized carbons (Fsp3) is 0.290. The van der Waals surface area contributed by atoms with E-state index in [1.807, 2.05) is 60.7 Å². The number of hydrogen-bond donors (Lipinski definition) is 0. The van der Waals surface area contributed by atoms with Crippen molar-refractivity contribution in [1.82, 2.24) is 9.80 Å². The molecule has 3 aromatic carbocycles. The molecule has 0 radical (unpaired) electrons. The van der Waals surface area contributed by atoms with Gasteiger partial charge in [-0.15, -0.1) is 0 Å². The van der Waals surface area contributed by atoms with Gasteiger partial charge in [-0.3, -0.25) is 0 Å². The van der Waals surface area contributed by atoms with E-state index in [-0.39, 0.29) is 0 Å². The normalized spacial score (nSPS) is 12.8. The van der Waals surface area contributed by atoms with Crippen molar-refractivity contribution in [2.75, 3.05) is 61.7 Å². The molecule has 0 spiro atoms. The second-order valence-electron chi connectivity index (χ2n) is 9.05. The molecule has 0 amide bonds. The lowest BCUT2D eigenvalue weighted by Gasteiger charge is -2.37. The molecule has 7 nitrogen and oxygen atoms in total. The molecular formula is C31H34N2O5S2. The number of ether oxygens (including phenoxy) is 5. The lowest BCUT2D eigenvalue weighted by Crippen LogP contribution is -2.49. The van der Waals surface area contributed by atoms with E-state index < -0.39 is 0 Å². The Morgan fingerprint density at radius 1 is 0.600 bits per heavy atom. The first-order valence-electron chi connectivity index (χ1n) is 12.8. The van der Waals surface area contributed by atoms with Crippen LogP contribution in [0.5, 0.6) is 28.7 Å². The Kier molecular flexibility index (Phi) is 9.84. The molecule has 9 heteroatoms. The molecule has 0 aliphatic carbocycles. The molecule has 0 saturated carbocycles. The van der Waals surface area contributed by atoms with Crippen LogP contribution in [0.25, 0.3) is 5.57 Å². The Morgan fingerprint density at radius 3 is 1.45 bits per heavy atom. The molecule has 1 fully saturated rings. The van der Waals surface area contributed by atoms with Crippen molar-refractivity contribution in [1.29, 1.82) is 0 Å². The van der Waals surface area contributed by atoms with Crippen LogP contribution >= 0.6 is 24.4 Å². The van der Waals surface area contributed by atoms with Crippen molar-refractivity contribution < 1.29 is 23.7 Å². The van der Waals surface area contributed by atoms with Crippen LogP contribution in [0.15, 0.2) is 66.7 Å². The summed E-state index contributed by atoms with van der Waals surface area (Å²) >= 11 is 11.8.